The molecule has 3 nitrogen and oxygen atoms in total. The van der Waals surface area contributed by atoms with Crippen LogP contribution in [0.3, 0.4) is 0 Å². The summed E-state index contributed by atoms with van der Waals surface area (Å²) in [4.78, 5) is 10.4. The lowest BCUT2D eigenvalue weighted by atomic mass is 10.1. The number of carboxylic acids is 1. The second kappa shape index (κ2) is 5.42. The third-order valence-electron chi connectivity index (χ3n) is 1.91. The number of alkyl halides is 3. The van der Waals surface area contributed by atoms with Gasteiger partial charge < -0.3 is 10.8 Å². The summed E-state index contributed by atoms with van der Waals surface area (Å²) in [6.07, 6.45) is -0.319. The zero-order valence-corrected chi connectivity index (χ0v) is 9.39. The largest absolute Gasteiger partial charge is 0.481 e. The molecular formula is C10H10F3NO2S. The third-order valence-corrected chi connectivity index (χ3v) is 2.64. The summed E-state index contributed by atoms with van der Waals surface area (Å²) < 4.78 is 36.4. The van der Waals surface area contributed by atoms with E-state index >= 15 is 0 Å². The first-order chi connectivity index (χ1) is 7.78. The molecule has 0 aromatic heterocycles. The van der Waals surface area contributed by atoms with Crippen LogP contribution in [0.25, 0.3) is 0 Å². The number of halogens is 3. The number of thioether (sulfide) groups is 1. The number of nitrogens with two attached hydrogens (primary N) is 1. The number of aliphatic carboxylic acids is 1. The summed E-state index contributed by atoms with van der Waals surface area (Å²) in [7, 11) is 0. The minimum atomic E-state index is -4.37. The van der Waals surface area contributed by atoms with E-state index in [0.29, 0.717) is 5.56 Å². The van der Waals surface area contributed by atoms with Crippen molar-refractivity contribution in [1.82, 2.24) is 0 Å². The van der Waals surface area contributed by atoms with E-state index in [2.05, 4.69) is 0 Å². The molecule has 1 aromatic rings. The highest BCUT2D eigenvalue weighted by Crippen LogP contribution is 2.37. The highest BCUT2D eigenvalue weighted by molar-refractivity contribution is 8.00. The Balaban J connectivity index is 2.82. The van der Waals surface area contributed by atoms with Crippen molar-refractivity contribution in [1.29, 1.82) is 0 Å². The summed E-state index contributed by atoms with van der Waals surface area (Å²) in [5, 5.41) is 8.54. The number of hydrogen-bond acceptors (Lipinski definition) is 3. The maximum Gasteiger partial charge on any atom is 0.446 e. The van der Waals surface area contributed by atoms with Gasteiger partial charge in [-0.1, -0.05) is 12.1 Å². The Morgan fingerprint density at radius 2 is 2.12 bits per heavy atom. The van der Waals surface area contributed by atoms with Gasteiger partial charge in [-0.25, -0.2) is 0 Å². The van der Waals surface area contributed by atoms with Crippen LogP contribution in [0.5, 0.6) is 0 Å². The highest BCUT2D eigenvalue weighted by atomic mass is 32.2. The first-order valence-corrected chi connectivity index (χ1v) is 5.42. The molecule has 94 valence electrons. The van der Waals surface area contributed by atoms with Crippen LogP contribution in [0.4, 0.5) is 13.2 Å². The van der Waals surface area contributed by atoms with Crippen molar-refractivity contribution >= 4 is 17.7 Å². The highest BCUT2D eigenvalue weighted by Gasteiger charge is 2.29. The average Bonchev–Trinajstić information content (AvgIpc) is 2.14. The predicted molar refractivity (Wildman–Crippen MR) is 57.5 cm³/mol. The Labute approximate surface area is 99.8 Å². The van der Waals surface area contributed by atoms with Crippen LogP contribution in [-0.2, 0) is 4.79 Å². The fraction of sp³-hybridized carbons (Fsp3) is 0.300. The van der Waals surface area contributed by atoms with Crippen LogP contribution in [-0.4, -0.2) is 16.6 Å². The lowest BCUT2D eigenvalue weighted by Gasteiger charge is -2.11. The van der Waals surface area contributed by atoms with Gasteiger partial charge in [-0.2, -0.15) is 13.2 Å². The van der Waals surface area contributed by atoms with Gasteiger partial charge in [0.05, 0.1) is 6.42 Å². The van der Waals surface area contributed by atoms with E-state index in [9.17, 15) is 18.0 Å². The van der Waals surface area contributed by atoms with Crippen LogP contribution in [0.1, 0.15) is 18.0 Å². The van der Waals surface area contributed by atoms with E-state index in [-0.39, 0.29) is 23.1 Å². The molecule has 17 heavy (non-hydrogen) atoms. The summed E-state index contributed by atoms with van der Waals surface area (Å²) >= 11 is -0.252. The molecule has 3 N–H and O–H groups in total. The topological polar surface area (TPSA) is 63.3 Å². The Morgan fingerprint density at radius 3 is 2.65 bits per heavy atom. The van der Waals surface area contributed by atoms with Crippen molar-refractivity contribution in [2.75, 3.05) is 0 Å². The molecule has 0 aliphatic rings. The van der Waals surface area contributed by atoms with E-state index < -0.39 is 17.5 Å². The van der Waals surface area contributed by atoms with E-state index in [0.717, 1.165) is 0 Å². The third kappa shape index (κ3) is 5.10. The molecule has 1 aromatic carbocycles. The van der Waals surface area contributed by atoms with Gasteiger partial charge in [0.1, 0.15) is 0 Å². The normalized spacial score (nSPS) is 13.4. The predicted octanol–water partition coefficient (Wildman–Crippen LogP) is 2.77. The van der Waals surface area contributed by atoms with Gasteiger partial charge in [0.25, 0.3) is 0 Å². The second-order valence-electron chi connectivity index (χ2n) is 3.32. The molecule has 0 radical (unpaired) electrons. The standard InChI is InChI=1S/C10H10F3NO2S/c11-10(12,13)17-7-3-1-2-6(4-7)8(14)5-9(15)16/h1-4,8H,5,14H2,(H,15,16). The molecule has 1 atom stereocenters. The van der Waals surface area contributed by atoms with Gasteiger partial charge in [-0.3, -0.25) is 4.79 Å². The smallest absolute Gasteiger partial charge is 0.446 e. The van der Waals surface area contributed by atoms with E-state index in [1.807, 2.05) is 0 Å². The van der Waals surface area contributed by atoms with Crippen LogP contribution < -0.4 is 5.73 Å². The molecule has 0 aliphatic carbocycles. The maximum absolute atomic E-state index is 12.1. The molecule has 0 bridgehead atoms. The molecule has 0 saturated heterocycles. The van der Waals surface area contributed by atoms with E-state index in [4.69, 9.17) is 10.8 Å². The molecule has 1 unspecified atom stereocenters. The SMILES string of the molecule is NC(CC(=O)O)c1cccc(SC(F)(F)F)c1. The summed E-state index contributed by atoms with van der Waals surface area (Å²) in [6.45, 7) is 0. The lowest BCUT2D eigenvalue weighted by Crippen LogP contribution is -2.15. The Bertz CT molecular complexity index is 409. The lowest BCUT2D eigenvalue weighted by molar-refractivity contribution is -0.137. The molecule has 7 heteroatoms. The summed E-state index contributed by atoms with van der Waals surface area (Å²) in [6, 6.07) is 4.68. The number of carboxylic acid groups (broad SMARTS) is 1. The quantitative estimate of drug-likeness (QED) is 0.822. The summed E-state index contributed by atoms with van der Waals surface area (Å²) in [5.41, 5.74) is 1.57. The van der Waals surface area contributed by atoms with E-state index in [1.54, 1.807) is 0 Å². The first kappa shape index (κ1) is 13.9. The Hall–Kier alpha value is -1.21. The fourth-order valence-corrected chi connectivity index (χ4v) is 1.86. The molecule has 0 aliphatic heterocycles. The van der Waals surface area contributed by atoms with Gasteiger partial charge >= 0.3 is 11.5 Å². The van der Waals surface area contributed by atoms with Crippen molar-refractivity contribution in [3.63, 3.8) is 0 Å². The number of hydrogen-bond donors (Lipinski definition) is 2. The molecule has 0 saturated carbocycles. The van der Waals surface area contributed by atoms with Crippen LogP contribution in [0, 0.1) is 0 Å². The minimum absolute atomic E-state index is 0.00385. The maximum atomic E-state index is 12.1. The van der Waals surface area contributed by atoms with Crippen molar-refractivity contribution < 1.29 is 23.1 Å². The average molecular weight is 265 g/mol. The van der Waals surface area contributed by atoms with Gasteiger partial charge in [0, 0.05) is 10.9 Å². The molecule has 0 heterocycles. The molecule has 0 fully saturated rings. The van der Waals surface area contributed by atoms with Crippen molar-refractivity contribution in [3.8, 4) is 0 Å². The Morgan fingerprint density at radius 1 is 1.47 bits per heavy atom. The monoisotopic (exact) mass is 265 g/mol. The fourth-order valence-electron chi connectivity index (χ4n) is 1.25. The number of carbonyl (C=O) groups is 1. The van der Waals surface area contributed by atoms with E-state index in [1.165, 1.54) is 24.3 Å². The zero-order chi connectivity index (χ0) is 13.1. The van der Waals surface area contributed by atoms with Crippen LogP contribution >= 0.6 is 11.8 Å². The summed E-state index contributed by atoms with van der Waals surface area (Å²) in [5.74, 6) is -1.09. The van der Waals surface area contributed by atoms with Crippen LogP contribution in [0.2, 0.25) is 0 Å². The Kier molecular flexibility index (Phi) is 4.41. The van der Waals surface area contributed by atoms with Crippen molar-refractivity contribution in [3.05, 3.63) is 29.8 Å². The first-order valence-electron chi connectivity index (χ1n) is 4.61. The zero-order valence-electron chi connectivity index (χ0n) is 8.57. The molecule has 0 spiro atoms. The van der Waals surface area contributed by atoms with Crippen LogP contribution in [0.15, 0.2) is 29.2 Å². The van der Waals surface area contributed by atoms with Gasteiger partial charge in [0.2, 0.25) is 0 Å². The van der Waals surface area contributed by atoms with Crippen molar-refractivity contribution in [2.24, 2.45) is 5.73 Å². The molecule has 0 amide bonds. The molecular weight excluding hydrogens is 255 g/mol. The number of benzene rings is 1. The van der Waals surface area contributed by atoms with Gasteiger partial charge in [0.15, 0.2) is 0 Å². The molecule has 1 rings (SSSR count). The minimum Gasteiger partial charge on any atom is -0.481 e. The van der Waals surface area contributed by atoms with Gasteiger partial charge in [-0.15, -0.1) is 0 Å². The number of rotatable bonds is 4. The van der Waals surface area contributed by atoms with Crippen molar-refractivity contribution in [2.45, 2.75) is 22.9 Å². The van der Waals surface area contributed by atoms with Gasteiger partial charge in [-0.05, 0) is 29.5 Å². The second-order valence-corrected chi connectivity index (χ2v) is 4.46.